The van der Waals surface area contributed by atoms with Crippen LogP contribution in [0.5, 0.6) is 0 Å². The normalized spacial score (nSPS) is 10.8. The first-order chi connectivity index (χ1) is 9.63. The molecule has 0 spiro atoms. The summed E-state index contributed by atoms with van der Waals surface area (Å²) in [6.45, 7) is 2.08. The van der Waals surface area contributed by atoms with E-state index in [-0.39, 0.29) is 0 Å². The van der Waals surface area contributed by atoms with Crippen LogP contribution in [-0.2, 0) is 0 Å². The zero-order chi connectivity index (χ0) is 14.1. The van der Waals surface area contributed by atoms with E-state index in [1.165, 1.54) is 5.56 Å². The molecule has 3 rings (SSSR count). The molecular weight excluding hydrogens is 291 g/mol. The minimum absolute atomic E-state index is 0.525. The molecule has 2 nitrogen and oxygen atoms in total. The minimum atomic E-state index is 0.525. The molecule has 2 aromatic carbocycles. The summed E-state index contributed by atoms with van der Waals surface area (Å²) in [6.07, 6.45) is 3.83. The third kappa shape index (κ3) is 2.58. The molecule has 0 N–H and O–H groups in total. The Kier molecular flexibility index (Phi) is 3.51. The van der Waals surface area contributed by atoms with Crippen LogP contribution in [0, 0.1) is 6.92 Å². The van der Waals surface area contributed by atoms with Gasteiger partial charge in [-0.15, -0.1) is 0 Å². The maximum absolute atomic E-state index is 6.04. The lowest BCUT2D eigenvalue weighted by Crippen LogP contribution is -1.93. The van der Waals surface area contributed by atoms with Gasteiger partial charge in [0.2, 0.25) is 0 Å². The second-order valence-corrected chi connectivity index (χ2v) is 5.46. The summed E-state index contributed by atoms with van der Waals surface area (Å²) >= 11 is 12.0. The third-order valence-corrected chi connectivity index (χ3v) is 3.84. The number of aromatic nitrogens is 2. The van der Waals surface area contributed by atoms with Gasteiger partial charge in [-0.25, -0.2) is 4.68 Å². The van der Waals surface area contributed by atoms with Gasteiger partial charge >= 0.3 is 0 Å². The Morgan fingerprint density at radius 1 is 0.950 bits per heavy atom. The standard InChI is InChI=1S/C16H12Cl2N2/c1-11-3-2-4-12(7-11)13-9-19-20(10-13)14-5-6-15(17)16(18)8-14/h2-10H,1H3. The zero-order valence-corrected chi connectivity index (χ0v) is 12.4. The molecule has 4 heteroatoms. The highest BCUT2D eigenvalue weighted by Crippen LogP contribution is 2.26. The van der Waals surface area contributed by atoms with Crippen molar-refractivity contribution < 1.29 is 0 Å². The molecular formula is C16H12Cl2N2. The van der Waals surface area contributed by atoms with E-state index < -0.39 is 0 Å². The van der Waals surface area contributed by atoms with Gasteiger partial charge in [-0.3, -0.25) is 0 Å². The van der Waals surface area contributed by atoms with E-state index in [9.17, 15) is 0 Å². The van der Waals surface area contributed by atoms with Gasteiger partial charge < -0.3 is 0 Å². The fraction of sp³-hybridized carbons (Fsp3) is 0.0625. The van der Waals surface area contributed by atoms with Gasteiger partial charge in [0.1, 0.15) is 0 Å². The average molecular weight is 303 g/mol. The molecule has 0 unspecified atom stereocenters. The van der Waals surface area contributed by atoms with E-state index in [4.69, 9.17) is 23.2 Å². The van der Waals surface area contributed by atoms with Crippen LogP contribution in [0.3, 0.4) is 0 Å². The van der Waals surface area contributed by atoms with Crippen molar-refractivity contribution in [2.45, 2.75) is 6.92 Å². The second kappa shape index (κ2) is 5.31. The van der Waals surface area contributed by atoms with Crippen molar-refractivity contribution in [2.24, 2.45) is 0 Å². The highest BCUT2D eigenvalue weighted by molar-refractivity contribution is 6.42. The molecule has 0 saturated heterocycles. The van der Waals surface area contributed by atoms with E-state index in [0.717, 1.165) is 16.8 Å². The van der Waals surface area contributed by atoms with Crippen LogP contribution < -0.4 is 0 Å². The predicted octanol–water partition coefficient (Wildman–Crippen LogP) is 5.15. The fourth-order valence-corrected chi connectivity index (χ4v) is 2.36. The van der Waals surface area contributed by atoms with Crippen LogP contribution in [0.4, 0.5) is 0 Å². The predicted molar refractivity (Wildman–Crippen MR) is 83.8 cm³/mol. The number of hydrogen-bond acceptors (Lipinski definition) is 1. The molecule has 0 aliphatic carbocycles. The molecule has 0 atom stereocenters. The molecule has 0 amide bonds. The summed E-state index contributed by atoms with van der Waals surface area (Å²) in [5.74, 6) is 0. The number of hydrogen-bond donors (Lipinski definition) is 0. The Morgan fingerprint density at radius 3 is 2.55 bits per heavy atom. The highest BCUT2D eigenvalue weighted by Gasteiger charge is 2.05. The zero-order valence-electron chi connectivity index (χ0n) is 10.8. The SMILES string of the molecule is Cc1cccc(-c2cnn(-c3ccc(Cl)c(Cl)c3)c2)c1. The lowest BCUT2D eigenvalue weighted by Gasteiger charge is -2.03. The second-order valence-electron chi connectivity index (χ2n) is 4.64. The van der Waals surface area contributed by atoms with Gasteiger partial charge in [0.25, 0.3) is 0 Å². The average Bonchev–Trinajstić information content (AvgIpc) is 2.92. The number of aryl methyl sites for hydroxylation is 1. The van der Waals surface area contributed by atoms with E-state index in [0.29, 0.717) is 10.0 Å². The maximum atomic E-state index is 6.04. The molecule has 1 heterocycles. The summed E-state index contributed by atoms with van der Waals surface area (Å²) in [7, 11) is 0. The van der Waals surface area contributed by atoms with Crippen molar-refractivity contribution in [3.63, 3.8) is 0 Å². The Morgan fingerprint density at radius 2 is 1.80 bits per heavy atom. The van der Waals surface area contributed by atoms with Crippen LogP contribution in [0.2, 0.25) is 10.0 Å². The van der Waals surface area contributed by atoms with Crippen molar-refractivity contribution in [1.82, 2.24) is 9.78 Å². The van der Waals surface area contributed by atoms with Crippen molar-refractivity contribution in [3.8, 4) is 16.8 Å². The highest BCUT2D eigenvalue weighted by atomic mass is 35.5. The van der Waals surface area contributed by atoms with Crippen LogP contribution >= 0.6 is 23.2 Å². The van der Waals surface area contributed by atoms with Crippen LogP contribution in [0.1, 0.15) is 5.56 Å². The molecule has 0 fully saturated rings. The Hall–Kier alpha value is -1.77. The molecule has 0 saturated carbocycles. The monoisotopic (exact) mass is 302 g/mol. The van der Waals surface area contributed by atoms with Crippen LogP contribution in [0.25, 0.3) is 16.8 Å². The lowest BCUT2D eigenvalue weighted by molar-refractivity contribution is 0.881. The summed E-state index contributed by atoms with van der Waals surface area (Å²) in [5, 5.41) is 5.45. The molecule has 1 aromatic heterocycles. The summed E-state index contributed by atoms with van der Waals surface area (Å²) in [5.41, 5.74) is 4.33. The summed E-state index contributed by atoms with van der Waals surface area (Å²) in [4.78, 5) is 0. The first kappa shape index (κ1) is 13.2. The number of rotatable bonds is 2. The first-order valence-electron chi connectivity index (χ1n) is 6.20. The topological polar surface area (TPSA) is 17.8 Å². The van der Waals surface area contributed by atoms with Gasteiger partial charge in [-0.05, 0) is 30.7 Å². The largest absolute Gasteiger partial charge is 0.240 e. The van der Waals surface area contributed by atoms with Gasteiger partial charge in [0.15, 0.2) is 0 Å². The van der Waals surface area contributed by atoms with Crippen molar-refractivity contribution in [2.75, 3.05) is 0 Å². The van der Waals surface area contributed by atoms with Crippen molar-refractivity contribution >= 4 is 23.2 Å². The Bertz CT molecular complexity index is 763. The van der Waals surface area contributed by atoms with Gasteiger partial charge in [0.05, 0.1) is 21.9 Å². The van der Waals surface area contributed by atoms with E-state index in [1.807, 2.05) is 24.5 Å². The maximum Gasteiger partial charge on any atom is 0.0661 e. The molecule has 0 bridgehead atoms. The summed E-state index contributed by atoms with van der Waals surface area (Å²) < 4.78 is 1.79. The van der Waals surface area contributed by atoms with Gasteiger partial charge in [-0.1, -0.05) is 53.0 Å². The van der Waals surface area contributed by atoms with Crippen LogP contribution in [-0.4, -0.2) is 9.78 Å². The number of nitrogens with zero attached hydrogens (tertiary/aromatic N) is 2. The van der Waals surface area contributed by atoms with E-state index >= 15 is 0 Å². The first-order valence-corrected chi connectivity index (χ1v) is 6.96. The lowest BCUT2D eigenvalue weighted by atomic mass is 10.1. The fourth-order valence-electron chi connectivity index (χ4n) is 2.07. The minimum Gasteiger partial charge on any atom is -0.240 e. The number of halogens is 2. The van der Waals surface area contributed by atoms with Crippen molar-refractivity contribution in [1.29, 1.82) is 0 Å². The molecule has 0 radical (unpaired) electrons. The quantitative estimate of drug-likeness (QED) is 0.640. The van der Waals surface area contributed by atoms with Crippen LogP contribution in [0.15, 0.2) is 54.9 Å². The third-order valence-electron chi connectivity index (χ3n) is 3.10. The van der Waals surface area contributed by atoms with E-state index in [2.05, 4.69) is 30.2 Å². The van der Waals surface area contributed by atoms with Gasteiger partial charge in [0, 0.05) is 11.8 Å². The van der Waals surface area contributed by atoms with E-state index in [1.54, 1.807) is 16.8 Å². The Labute approximate surface area is 127 Å². The summed E-state index contributed by atoms with van der Waals surface area (Å²) in [6, 6.07) is 13.8. The molecule has 0 aliphatic heterocycles. The Balaban J connectivity index is 1.99. The smallest absolute Gasteiger partial charge is 0.0661 e. The molecule has 20 heavy (non-hydrogen) atoms. The van der Waals surface area contributed by atoms with Gasteiger partial charge in [-0.2, -0.15) is 5.10 Å². The molecule has 0 aliphatic rings. The van der Waals surface area contributed by atoms with Crippen molar-refractivity contribution in [3.05, 3.63) is 70.5 Å². The number of benzene rings is 2. The molecule has 100 valence electrons. The molecule has 3 aromatic rings.